The first-order chi connectivity index (χ1) is 14.4. The van der Waals surface area contributed by atoms with Crippen molar-refractivity contribution in [3.63, 3.8) is 0 Å². The van der Waals surface area contributed by atoms with Gasteiger partial charge >= 0.3 is 0 Å². The number of carbonyl (C=O) groups is 1. The Labute approximate surface area is 181 Å². The zero-order valence-corrected chi connectivity index (χ0v) is 18.4. The Morgan fingerprint density at radius 2 is 1.97 bits per heavy atom. The summed E-state index contributed by atoms with van der Waals surface area (Å²) in [6, 6.07) is 2.06. The maximum atomic E-state index is 14.2. The minimum atomic E-state index is -0.724. The van der Waals surface area contributed by atoms with E-state index in [9.17, 15) is 13.6 Å². The van der Waals surface area contributed by atoms with E-state index in [-0.39, 0.29) is 11.4 Å². The van der Waals surface area contributed by atoms with Crippen molar-refractivity contribution in [1.29, 1.82) is 0 Å². The maximum absolute atomic E-state index is 14.2. The highest BCUT2D eigenvalue weighted by Gasteiger charge is 2.26. The summed E-state index contributed by atoms with van der Waals surface area (Å²) in [6.45, 7) is 8.07. The summed E-state index contributed by atoms with van der Waals surface area (Å²) >= 11 is 2.45. The van der Waals surface area contributed by atoms with Crippen molar-refractivity contribution < 1.29 is 18.3 Å². The molecule has 0 N–H and O–H groups in total. The van der Waals surface area contributed by atoms with Crippen LogP contribution in [0.25, 0.3) is 10.2 Å². The van der Waals surface area contributed by atoms with Gasteiger partial charge in [0, 0.05) is 32.2 Å². The molecule has 4 rings (SSSR count). The smallest absolute Gasteiger partial charge is 0.272 e. The van der Waals surface area contributed by atoms with Crippen molar-refractivity contribution in [2.24, 2.45) is 0 Å². The largest absolute Gasteiger partial charge is 0.379 e. The monoisotopic (exact) mass is 452 g/mol. The molecule has 0 bridgehead atoms. The number of hydrogen-bond acceptors (Lipinski definition) is 7. The number of carbonyl (C=O) groups excluding carboxylic acids is 1. The number of fused-ring (bicyclic) bond motifs is 1. The number of benzene rings is 1. The molecule has 2 aromatic heterocycles. The zero-order chi connectivity index (χ0) is 21.3. The Bertz CT molecular complexity index is 1060. The van der Waals surface area contributed by atoms with Crippen molar-refractivity contribution in [2.75, 3.05) is 44.3 Å². The van der Waals surface area contributed by atoms with Gasteiger partial charge in [-0.05, 0) is 26.3 Å². The van der Waals surface area contributed by atoms with E-state index in [4.69, 9.17) is 4.74 Å². The van der Waals surface area contributed by atoms with Crippen molar-refractivity contribution in [1.82, 2.24) is 14.9 Å². The third kappa shape index (κ3) is 4.51. The summed E-state index contributed by atoms with van der Waals surface area (Å²) in [6.07, 6.45) is 0.731. The number of rotatable bonds is 6. The number of morpholine rings is 1. The minimum absolute atomic E-state index is 0.0830. The molecule has 0 saturated carbocycles. The first-order valence-corrected chi connectivity index (χ1v) is 11.4. The molecule has 3 heterocycles. The molecule has 3 aromatic rings. The third-order valence-electron chi connectivity index (χ3n) is 4.94. The molecule has 30 heavy (non-hydrogen) atoms. The number of thiazole rings is 2. The highest BCUT2D eigenvalue weighted by atomic mass is 32.1. The van der Waals surface area contributed by atoms with Crippen molar-refractivity contribution >= 4 is 43.9 Å². The number of hydrogen-bond donors (Lipinski definition) is 0. The van der Waals surface area contributed by atoms with Gasteiger partial charge in [-0.15, -0.1) is 11.3 Å². The molecule has 1 fully saturated rings. The highest BCUT2D eigenvalue weighted by molar-refractivity contribution is 7.22. The van der Waals surface area contributed by atoms with Gasteiger partial charge in [0.1, 0.15) is 16.2 Å². The summed E-state index contributed by atoms with van der Waals surface area (Å²) in [5, 5.41) is 1.17. The molecule has 0 spiro atoms. The van der Waals surface area contributed by atoms with Gasteiger partial charge in [0.05, 0.1) is 28.6 Å². The van der Waals surface area contributed by atoms with Crippen LogP contribution in [0.1, 0.15) is 26.8 Å². The van der Waals surface area contributed by atoms with Gasteiger partial charge in [-0.1, -0.05) is 11.3 Å². The standard InChI is InChI=1S/C20H22F2N4O2S2/c1-12-18(29-13(2)23-12)19(27)26(5-3-4-25-6-8-28-9-7-25)20-24-17-15(22)10-14(21)11-16(17)30-20/h10-11H,3-9H2,1-2H3. The number of ether oxygens (including phenoxy) is 1. The molecule has 1 saturated heterocycles. The lowest BCUT2D eigenvalue weighted by Crippen LogP contribution is -2.39. The normalized spacial score (nSPS) is 15.1. The van der Waals surface area contributed by atoms with E-state index < -0.39 is 11.6 Å². The van der Waals surface area contributed by atoms with Crippen LogP contribution >= 0.6 is 22.7 Å². The zero-order valence-electron chi connectivity index (χ0n) is 16.8. The Kier molecular flexibility index (Phi) is 6.37. The number of aryl methyl sites for hydroxylation is 2. The number of amides is 1. The SMILES string of the molecule is Cc1nc(C)c(C(=O)N(CCCN2CCOCC2)c2nc3c(F)cc(F)cc3s2)s1. The molecule has 0 atom stereocenters. The lowest BCUT2D eigenvalue weighted by Gasteiger charge is -2.27. The second-order valence-electron chi connectivity index (χ2n) is 7.14. The number of anilines is 1. The van der Waals surface area contributed by atoms with Crippen LogP contribution in [0.4, 0.5) is 13.9 Å². The van der Waals surface area contributed by atoms with Crippen molar-refractivity contribution in [3.05, 3.63) is 39.3 Å². The predicted molar refractivity (Wildman–Crippen MR) is 115 cm³/mol. The van der Waals surface area contributed by atoms with Gasteiger partial charge in [-0.25, -0.2) is 18.7 Å². The van der Waals surface area contributed by atoms with Crippen molar-refractivity contribution in [2.45, 2.75) is 20.3 Å². The molecule has 6 nitrogen and oxygen atoms in total. The Morgan fingerprint density at radius 1 is 1.20 bits per heavy atom. The van der Waals surface area contributed by atoms with Gasteiger partial charge in [0.25, 0.3) is 5.91 Å². The van der Waals surface area contributed by atoms with E-state index in [1.807, 2.05) is 6.92 Å². The van der Waals surface area contributed by atoms with E-state index in [0.717, 1.165) is 48.5 Å². The van der Waals surface area contributed by atoms with Crippen LogP contribution in [0.2, 0.25) is 0 Å². The topological polar surface area (TPSA) is 58.6 Å². The minimum Gasteiger partial charge on any atom is -0.379 e. The van der Waals surface area contributed by atoms with Gasteiger partial charge in [-0.2, -0.15) is 0 Å². The van der Waals surface area contributed by atoms with Crippen LogP contribution in [0, 0.1) is 25.5 Å². The Morgan fingerprint density at radius 3 is 2.67 bits per heavy atom. The van der Waals surface area contributed by atoms with Crippen LogP contribution in [0.15, 0.2) is 12.1 Å². The lowest BCUT2D eigenvalue weighted by atomic mass is 10.3. The molecule has 0 radical (unpaired) electrons. The molecule has 0 unspecified atom stereocenters. The van der Waals surface area contributed by atoms with E-state index in [1.165, 1.54) is 17.4 Å². The van der Waals surface area contributed by atoms with Crippen LogP contribution in [-0.4, -0.2) is 60.2 Å². The maximum Gasteiger partial charge on any atom is 0.272 e. The summed E-state index contributed by atoms with van der Waals surface area (Å²) in [7, 11) is 0. The number of aromatic nitrogens is 2. The second-order valence-corrected chi connectivity index (χ2v) is 9.35. The van der Waals surface area contributed by atoms with E-state index in [1.54, 1.807) is 11.8 Å². The van der Waals surface area contributed by atoms with Crippen LogP contribution in [0.5, 0.6) is 0 Å². The Hall–Kier alpha value is -2.01. The summed E-state index contributed by atoms with van der Waals surface area (Å²) < 4.78 is 33.6. The molecule has 1 amide bonds. The van der Waals surface area contributed by atoms with Crippen LogP contribution in [-0.2, 0) is 4.74 Å². The molecule has 0 aliphatic carbocycles. The molecular weight excluding hydrogens is 430 g/mol. The molecule has 1 aromatic carbocycles. The molecular formula is C20H22F2N4O2S2. The van der Waals surface area contributed by atoms with Gasteiger partial charge in [0.2, 0.25) is 0 Å². The fourth-order valence-electron chi connectivity index (χ4n) is 3.47. The van der Waals surface area contributed by atoms with Gasteiger partial charge < -0.3 is 4.74 Å². The van der Waals surface area contributed by atoms with E-state index in [2.05, 4.69) is 14.9 Å². The van der Waals surface area contributed by atoms with Crippen LogP contribution in [0.3, 0.4) is 0 Å². The molecule has 10 heteroatoms. The highest BCUT2D eigenvalue weighted by Crippen LogP contribution is 2.33. The van der Waals surface area contributed by atoms with Gasteiger partial charge in [-0.3, -0.25) is 14.6 Å². The first-order valence-electron chi connectivity index (χ1n) is 9.74. The summed E-state index contributed by atoms with van der Waals surface area (Å²) in [5.74, 6) is -1.59. The van der Waals surface area contributed by atoms with Crippen LogP contribution < -0.4 is 4.90 Å². The summed E-state index contributed by atoms with van der Waals surface area (Å²) in [4.78, 5) is 26.5. The Balaban J connectivity index is 1.61. The number of halogens is 2. The van der Waals surface area contributed by atoms with Gasteiger partial charge in [0.15, 0.2) is 10.9 Å². The average Bonchev–Trinajstić information content (AvgIpc) is 3.28. The number of nitrogens with zero attached hydrogens (tertiary/aromatic N) is 4. The van der Waals surface area contributed by atoms with E-state index in [0.29, 0.717) is 40.2 Å². The molecule has 1 aliphatic rings. The fraction of sp³-hybridized carbons (Fsp3) is 0.450. The third-order valence-corrected chi connectivity index (χ3v) is 7.02. The predicted octanol–water partition coefficient (Wildman–Crippen LogP) is 4.02. The average molecular weight is 453 g/mol. The van der Waals surface area contributed by atoms with E-state index >= 15 is 0 Å². The lowest BCUT2D eigenvalue weighted by molar-refractivity contribution is 0.0376. The van der Waals surface area contributed by atoms with Crippen molar-refractivity contribution in [3.8, 4) is 0 Å². The molecule has 160 valence electrons. The molecule has 1 aliphatic heterocycles. The quantitative estimate of drug-likeness (QED) is 0.566. The summed E-state index contributed by atoms with van der Waals surface area (Å²) in [5.41, 5.74) is 0.749. The first kappa shape index (κ1) is 21.2. The second kappa shape index (κ2) is 9.01. The fourth-order valence-corrected chi connectivity index (χ4v) is 5.37.